The summed E-state index contributed by atoms with van der Waals surface area (Å²) < 4.78 is 26.3. The van der Waals surface area contributed by atoms with Crippen LogP contribution in [-0.2, 0) is 0 Å². The van der Waals surface area contributed by atoms with Crippen LogP contribution in [0.3, 0.4) is 0 Å². The fourth-order valence-electron chi connectivity index (χ4n) is 1.47. The molecule has 1 aromatic carbocycles. The molecule has 0 bridgehead atoms. The third kappa shape index (κ3) is 2.31. The van der Waals surface area contributed by atoms with Crippen LogP contribution in [0.2, 0.25) is 5.15 Å². The molecule has 0 saturated carbocycles. The lowest BCUT2D eigenvalue weighted by atomic mass is 10.1. The van der Waals surface area contributed by atoms with E-state index in [2.05, 4.69) is 4.98 Å². The Hall–Kier alpha value is -2.01. The number of carboxylic acid groups (broad SMARTS) is 1. The third-order valence-corrected chi connectivity index (χ3v) is 2.61. The van der Waals surface area contributed by atoms with Gasteiger partial charge in [0, 0.05) is 23.4 Å². The minimum atomic E-state index is -1.27. The maximum Gasteiger partial charge on any atom is 0.338 e. The molecule has 0 radical (unpaired) electrons. The largest absolute Gasteiger partial charge is 0.478 e. The van der Waals surface area contributed by atoms with Gasteiger partial charge in [-0.15, -0.1) is 0 Å². The van der Waals surface area contributed by atoms with E-state index in [1.807, 2.05) is 0 Å². The molecule has 1 N–H and O–H groups in total. The van der Waals surface area contributed by atoms with Crippen molar-refractivity contribution in [3.8, 4) is 11.1 Å². The van der Waals surface area contributed by atoms with Crippen molar-refractivity contribution in [3.05, 3.63) is 52.8 Å². The van der Waals surface area contributed by atoms with Crippen molar-refractivity contribution in [2.24, 2.45) is 0 Å². The van der Waals surface area contributed by atoms with Gasteiger partial charge in [0.15, 0.2) is 0 Å². The van der Waals surface area contributed by atoms with E-state index in [0.29, 0.717) is 6.07 Å². The second-order valence-corrected chi connectivity index (χ2v) is 3.85. The molecule has 0 unspecified atom stereocenters. The smallest absolute Gasteiger partial charge is 0.338 e. The molecule has 0 aliphatic heterocycles. The number of carboxylic acids is 1. The summed E-state index contributed by atoms with van der Waals surface area (Å²) in [5.41, 5.74) is 0.0373. The summed E-state index contributed by atoms with van der Waals surface area (Å²) in [6.07, 6.45) is 1.23. The van der Waals surface area contributed by atoms with Crippen LogP contribution in [0.4, 0.5) is 8.78 Å². The molecule has 0 amide bonds. The molecule has 18 heavy (non-hydrogen) atoms. The van der Waals surface area contributed by atoms with Crippen LogP contribution in [0.25, 0.3) is 11.1 Å². The van der Waals surface area contributed by atoms with Gasteiger partial charge in [0.1, 0.15) is 16.8 Å². The first-order valence-electron chi connectivity index (χ1n) is 4.83. The summed E-state index contributed by atoms with van der Waals surface area (Å²) in [5, 5.41) is 8.69. The summed E-state index contributed by atoms with van der Waals surface area (Å²) in [5.74, 6) is -2.77. The fourth-order valence-corrected chi connectivity index (χ4v) is 1.65. The van der Waals surface area contributed by atoms with Gasteiger partial charge in [-0.05, 0) is 18.2 Å². The molecular formula is C12H6ClF2NO2. The molecule has 2 rings (SSSR count). The van der Waals surface area contributed by atoms with Crippen LogP contribution < -0.4 is 0 Å². The molecule has 3 nitrogen and oxygen atoms in total. The second kappa shape index (κ2) is 4.70. The predicted octanol–water partition coefficient (Wildman–Crippen LogP) is 3.38. The molecule has 92 valence electrons. The Morgan fingerprint density at radius 2 is 2.00 bits per heavy atom. The van der Waals surface area contributed by atoms with Gasteiger partial charge in [-0.3, -0.25) is 0 Å². The van der Waals surface area contributed by atoms with Gasteiger partial charge in [-0.25, -0.2) is 18.6 Å². The van der Waals surface area contributed by atoms with Gasteiger partial charge in [0.05, 0.1) is 5.56 Å². The third-order valence-electron chi connectivity index (χ3n) is 2.31. The Balaban J connectivity index is 2.58. The van der Waals surface area contributed by atoms with E-state index in [1.165, 1.54) is 18.3 Å². The zero-order valence-corrected chi connectivity index (χ0v) is 9.58. The summed E-state index contributed by atoms with van der Waals surface area (Å²) in [6, 6.07) is 4.19. The van der Waals surface area contributed by atoms with Crippen molar-refractivity contribution in [1.29, 1.82) is 0 Å². The van der Waals surface area contributed by atoms with E-state index >= 15 is 0 Å². The van der Waals surface area contributed by atoms with E-state index in [1.54, 1.807) is 0 Å². The summed E-state index contributed by atoms with van der Waals surface area (Å²) in [6.45, 7) is 0. The molecule has 0 spiro atoms. The van der Waals surface area contributed by atoms with Crippen LogP contribution in [0, 0.1) is 11.6 Å². The van der Waals surface area contributed by atoms with Crippen LogP contribution in [-0.4, -0.2) is 16.1 Å². The average molecular weight is 270 g/mol. The predicted molar refractivity (Wildman–Crippen MR) is 61.6 cm³/mol. The zero-order valence-electron chi connectivity index (χ0n) is 8.82. The monoisotopic (exact) mass is 269 g/mol. The molecule has 0 aliphatic rings. The van der Waals surface area contributed by atoms with Gasteiger partial charge in [0.2, 0.25) is 0 Å². The Morgan fingerprint density at radius 1 is 1.28 bits per heavy atom. The van der Waals surface area contributed by atoms with E-state index in [4.69, 9.17) is 16.7 Å². The summed E-state index contributed by atoms with van der Waals surface area (Å²) >= 11 is 5.60. The molecule has 0 aliphatic carbocycles. The number of rotatable bonds is 2. The van der Waals surface area contributed by atoms with Gasteiger partial charge < -0.3 is 5.11 Å². The van der Waals surface area contributed by atoms with Gasteiger partial charge in [0.25, 0.3) is 0 Å². The zero-order chi connectivity index (χ0) is 13.3. The molecule has 1 heterocycles. The first-order chi connectivity index (χ1) is 8.49. The quantitative estimate of drug-likeness (QED) is 0.850. The number of halogens is 3. The number of aromatic nitrogens is 1. The molecule has 1 aromatic heterocycles. The average Bonchev–Trinajstić information content (AvgIpc) is 2.30. The van der Waals surface area contributed by atoms with Crippen molar-refractivity contribution in [2.75, 3.05) is 0 Å². The van der Waals surface area contributed by atoms with E-state index in [0.717, 1.165) is 6.07 Å². The van der Waals surface area contributed by atoms with Gasteiger partial charge in [-0.1, -0.05) is 11.6 Å². The Labute approximate surface area is 106 Å². The van der Waals surface area contributed by atoms with Crippen LogP contribution >= 0.6 is 11.6 Å². The maximum atomic E-state index is 13.5. The lowest BCUT2D eigenvalue weighted by molar-refractivity contribution is 0.0696. The number of hydrogen-bond donors (Lipinski definition) is 1. The van der Waals surface area contributed by atoms with Gasteiger partial charge in [-0.2, -0.15) is 0 Å². The molecule has 0 atom stereocenters. The number of carbonyl (C=O) groups is 1. The Bertz CT molecular complexity index is 631. The molecular weight excluding hydrogens is 264 g/mol. The molecule has 2 aromatic rings. The molecule has 0 saturated heterocycles. The van der Waals surface area contributed by atoms with E-state index in [9.17, 15) is 13.6 Å². The highest BCUT2D eigenvalue weighted by molar-refractivity contribution is 6.32. The molecule has 0 fully saturated rings. The van der Waals surface area contributed by atoms with Crippen molar-refractivity contribution in [3.63, 3.8) is 0 Å². The van der Waals surface area contributed by atoms with Crippen molar-refractivity contribution < 1.29 is 18.7 Å². The first kappa shape index (κ1) is 12.4. The number of hydrogen-bond acceptors (Lipinski definition) is 2. The first-order valence-corrected chi connectivity index (χ1v) is 5.21. The lowest BCUT2D eigenvalue weighted by Crippen LogP contribution is -2.00. The highest BCUT2D eigenvalue weighted by Gasteiger charge is 2.13. The summed E-state index contributed by atoms with van der Waals surface area (Å²) in [4.78, 5) is 14.5. The molecule has 6 heteroatoms. The highest BCUT2D eigenvalue weighted by atomic mass is 35.5. The standard InChI is InChI=1S/C12H6ClF2NO2/c13-11-9(12(17)18)3-6(5-16-11)8-2-1-7(14)4-10(8)15/h1-5H,(H,17,18). The number of nitrogens with zero attached hydrogens (tertiary/aromatic N) is 1. The van der Waals surface area contributed by atoms with Crippen molar-refractivity contribution in [1.82, 2.24) is 4.98 Å². The maximum absolute atomic E-state index is 13.5. The second-order valence-electron chi connectivity index (χ2n) is 3.49. The van der Waals surface area contributed by atoms with Crippen LogP contribution in [0.15, 0.2) is 30.5 Å². The minimum absolute atomic E-state index is 0.0584. The topological polar surface area (TPSA) is 50.2 Å². The van der Waals surface area contributed by atoms with E-state index in [-0.39, 0.29) is 21.8 Å². The van der Waals surface area contributed by atoms with Crippen molar-refractivity contribution in [2.45, 2.75) is 0 Å². The van der Waals surface area contributed by atoms with Crippen LogP contribution in [0.1, 0.15) is 10.4 Å². The van der Waals surface area contributed by atoms with Crippen LogP contribution in [0.5, 0.6) is 0 Å². The van der Waals surface area contributed by atoms with Crippen molar-refractivity contribution >= 4 is 17.6 Å². The lowest BCUT2D eigenvalue weighted by Gasteiger charge is -2.05. The Morgan fingerprint density at radius 3 is 2.61 bits per heavy atom. The SMILES string of the molecule is O=C(O)c1cc(-c2ccc(F)cc2F)cnc1Cl. The normalized spacial score (nSPS) is 10.4. The number of benzene rings is 1. The minimum Gasteiger partial charge on any atom is -0.478 e. The highest BCUT2D eigenvalue weighted by Crippen LogP contribution is 2.26. The van der Waals surface area contributed by atoms with Gasteiger partial charge >= 0.3 is 5.97 Å². The number of aromatic carboxylic acids is 1. The Kier molecular flexibility index (Phi) is 3.25. The van der Waals surface area contributed by atoms with E-state index < -0.39 is 17.6 Å². The summed E-state index contributed by atoms with van der Waals surface area (Å²) in [7, 11) is 0. The fraction of sp³-hybridized carbons (Fsp3) is 0. The number of pyridine rings is 1.